The molecule has 0 heterocycles. The molecule has 562 valence electrons. The van der Waals surface area contributed by atoms with Gasteiger partial charge in [0.1, 0.15) is 29.0 Å². The van der Waals surface area contributed by atoms with Crippen LogP contribution in [0.15, 0.2) is 147 Å². The summed E-state index contributed by atoms with van der Waals surface area (Å²) in [6, 6.07) is 22.6. The van der Waals surface area contributed by atoms with Crippen molar-refractivity contribution in [1.29, 1.82) is 0 Å². The second-order valence-corrected chi connectivity index (χ2v) is 28.9. The molecule has 0 aliphatic heterocycles. The number of thioether (sulfide) groups is 4. The molecular weight excluding hydrogens is 1480 g/mol. The minimum absolute atomic E-state index is 0.0398. The number of aromatic hydroxyl groups is 1. The number of ketones is 1. The normalized spacial score (nSPS) is 13.5. The number of anilines is 4. The number of phenolic OH excluding ortho intramolecular Hbond substituents is 1. The van der Waals surface area contributed by atoms with Crippen LogP contribution >= 0.6 is 47.0 Å². The maximum Gasteiger partial charge on any atom is 0.255 e. The first kappa shape index (κ1) is 85.3. The van der Waals surface area contributed by atoms with Crippen molar-refractivity contribution in [2.24, 2.45) is 0 Å². The third-order valence-electron chi connectivity index (χ3n) is 14.8. The third-order valence-corrected chi connectivity index (χ3v) is 19.5. The Labute approximate surface area is 611 Å². The number of amides is 4. The van der Waals surface area contributed by atoms with Gasteiger partial charge >= 0.3 is 0 Å². The number of benzene rings is 8. The van der Waals surface area contributed by atoms with Crippen molar-refractivity contribution in [2.75, 3.05) is 38.5 Å². The Morgan fingerprint density at radius 2 is 0.771 bits per heavy atom. The maximum atomic E-state index is 13.9. The van der Waals surface area contributed by atoms with Crippen LogP contribution in [0, 0.1) is 81.4 Å². The van der Waals surface area contributed by atoms with Crippen molar-refractivity contribution in [3.63, 3.8) is 0 Å². The molecule has 8 N–H and O–H groups in total. The fraction of sp³-hybridized carbons (Fsp3) is 0.284. The lowest BCUT2D eigenvalue weighted by atomic mass is 9.97. The molecule has 1 fully saturated rings. The van der Waals surface area contributed by atoms with E-state index in [2.05, 4.69) is 21.3 Å². The Kier molecular flexibility index (Phi) is 33.1. The number of hydrogen-bond donors (Lipinski definition) is 8. The first-order valence-corrected chi connectivity index (χ1v) is 35.9. The number of rotatable bonds is 25. The standard InChI is InChI=1S/C19H19F4NO2S.C19H19F2NO3S.C18H17F4NO2S.C18H15F4NO2S/c1-19(2,26)6-3-7-27-16-8-11(4-5-13(16)20)18(25)24-12-9-14(21)17(23)15(22)10-12;20-15-7-2-12(10-16(15)21)22-19(25)11-1-8-17(24)18(9-11)26-14-5-3-13(23)4-6-14;2*1-10(24)3-2-6-26-16-7-11(4-5-13(16)19)18(25)23-12-8-14(20)17(22)15(21)9-12/h4-5,8-10,26H,3,6-7H2,1-2H3,(H,24,25);1-2,7-10,13-14,23-24H,3-6H2,(H,22,25);4-5,7-10,24H,2-3,6H2,1H3,(H,23,25);4-5,7-9H,2-3,6H2,1H3,(H,23,25). The minimum atomic E-state index is -1.63. The van der Waals surface area contributed by atoms with Gasteiger partial charge in [0.25, 0.3) is 23.6 Å². The number of phenols is 1. The average molecular weight is 1550 g/mol. The van der Waals surface area contributed by atoms with E-state index in [0.717, 1.165) is 67.8 Å². The highest BCUT2D eigenvalue weighted by Crippen LogP contribution is 2.39. The third kappa shape index (κ3) is 28.0. The predicted molar refractivity (Wildman–Crippen MR) is 377 cm³/mol. The predicted octanol–water partition coefficient (Wildman–Crippen LogP) is 19.2. The van der Waals surface area contributed by atoms with Gasteiger partial charge in [0.15, 0.2) is 64.0 Å². The van der Waals surface area contributed by atoms with E-state index >= 15 is 0 Å². The molecule has 1 atom stereocenters. The van der Waals surface area contributed by atoms with Crippen LogP contribution in [0.2, 0.25) is 0 Å². The van der Waals surface area contributed by atoms with E-state index in [-0.39, 0.29) is 77.0 Å². The van der Waals surface area contributed by atoms with Gasteiger partial charge in [-0.25, -0.2) is 61.5 Å². The summed E-state index contributed by atoms with van der Waals surface area (Å²) < 4.78 is 186. The number of halogens is 14. The zero-order chi connectivity index (χ0) is 77.4. The molecule has 1 aliphatic rings. The van der Waals surface area contributed by atoms with Crippen LogP contribution in [0.3, 0.4) is 0 Å². The molecule has 4 amide bonds. The summed E-state index contributed by atoms with van der Waals surface area (Å²) in [5.41, 5.74) is -0.844. The van der Waals surface area contributed by atoms with Gasteiger partial charge in [-0.05, 0) is 188 Å². The van der Waals surface area contributed by atoms with Crippen molar-refractivity contribution in [1.82, 2.24) is 0 Å². The van der Waals surface area contributed by atoms with E-state index in [4.69, 9.17) is 0 Å². The SMILES string of the molecule is CC(=O)CCCSc1cc(C(=O)Nc2cc(F)c(F)c(F)c2)ccc1F.CC(C)(O)CCCSc1cc(C(=O)Nc2cc(F)c(F)c(F)c2)ccc1F.CC(O)CCCSc1cc(C(=O)Nc2cc(F)c(F)c(F)c2)ccc1F.O=C(Nc1ccc(F)c(F)c1)c1ccc(O)c(SC2CCC(O)CC2)c1. The first-order chi connectivity index (χ1) is 49.5. The molecule has 9 rings (SSSR count). The molecule has 8 aromatic carbocycles. The van der Waals surface area contributed by atoms with Gasteiger partial charge in [0, 0.05) is 114 Å². The molecule has 0 radical (unpaired) electrons. The number of carbonyl (C=O) groups excluding carboxylic acids is 5. The van der Waals surface area contributed by atoms with Gasteiger partial charge in [0.2, 0.25) is 0 Å². The monoisotopic (exact) mass is 1550 g/mol. The number of aliphatic hydroxyl groups is 3. The summed E-state index contributed by atoms with van der Waals surface area (Å²) in [4.78, 5) is 61.2. The van der Waals surface area contributed by atoms with Gasteiger partial charge in [-0.15, -0.1) is 47.0 Å². The summed E-state index contributed by atoms with van der Waals surface area (Å²) in [5, 5.41) is 48.0. The summed E-state index contributed by atoms with van der Waals surface area (Å²) in [5.74, 6) is -17.9. The Hall–Kier alpha value is -8.59. The van der Waals surface area contributed by atoms with Crippen LogP contribution in [0.4, 0.5) is 84.2 Å². The quantitative estimate of drug-likeness (QED) is 0.0116. The van der Waals surface area contributed by atoms with Gasteiger partial charge in [-0.1, -0.05) is 0 Å². The Bertz CT molecular complexity index is 4310. The summed E-state index contributed by atoms with van der Waals surface area (Å²) in [6.07, 6.45) is 5.87. The molecule has 13 nitrogen and oxygen atoms in total. The lowest BCUT2D eigenvalue weighted by molar-refractivity contribution is -0.117. The topological polar surface area (TPSA) is 214 Å². The number of aliphatic hydroxyl groups excluding tert-OH is 2. The van der Waals surface area contributed by atoms with Gasteiger partial charge < -0.3 is 46.5 Å². The minimum Gasteiger partial charge on any atom is -0.507 e. The second-order valence-electron chi connectivity index (χ2n) is 24.1. The highest BCUT2D eigenvalue weighted by Gasteiger charge is 2.24. The van der Waals surface area contributed by atoms with Crippen molar-refractivity contribution in [3.05, 3.63) is 231 Å². The van der Waals surface area contributed by atoms with Crippen molar-refractivity contribution < 1.29 is 106 Å². The second kappa shape index (κ2) is 40.8. The van der Waals surface area contributed by atoms with Crippen molar-refractivity contribution in [2.45, 2.75) is 135 Å². The maximum absolute atomic E-state index is 13.9. The smallest absolute Gasteiger partial charge is 0.255 e. The average Bonchev–Trinajstić information content (AvgIpc) is 0.847. The Balaban J connectivity index is 0.000000220. The van der Waals surface area contributed by atoms with E-state index in [1.54, 1.807) is 26.8 Å². The first-order valence-electron chi connectivity index (χ1n) is 32.0. The number of hydrogen-bond acceptors (Lipinski definition) is 13. The number of Topliss-reactive ketones (excluding diaryl/α,β-unsaturated/α-hetero) is 1. The Morgan fingerprint density at radius 1 is 0.438 bits per heavy atom. The van der Waals surface area contributed by atoms with Crippen LogP contribution in [0.1, 0.15) is 133 Å². The van der Waals surface area contributed by atoms with Crippen molar-refractivity contribution in [3.8, 4) is 5.75 Å². The molecule has 0 saturated heterocycles. The number of nitrogens with one attached hydrogen (secondary N) is 4. The van der Waals surface area contributed by atoms with Crippen LogP contribution in [-0.2, 0) is 4.79 Å². The van der Waals surface area contributed by atoms with Crippen LogP contribution < -0.4 is 21.3 Å². The molecule has 1 unspecified atom stereocenters. The zero-order valence-corrected chi connectivity index (χ0v) is 59.6. The summed E-state index contributed by atoms with van der Waals surface area (Å²) in [6.45, 7) is 6.50. The molecule has 1 aliphatic carbocycles. The van der Waals surface area contributed by atoms with Gasteiger partial charge in [-0.2, -0.15) is 0 Å². The molecule has 0 bridgehead atoms. The van der Waals surface area contributed by atoms with Gasteiger partial charge in [0.05, 0.1) is 22.7 Å². The zero-order valence-electron chi connectivity index (χ0n) is 56.3. The van der Waals surface area contributed by atoms with Crippen molar-refractivity contribution >= 4 is 99.2 Å². The highest BCUT2D eigenvalue weighted by atomic mass is 32.2. The Morgan fingerprint density at radius 3 is 1.13 bits per heavy atom. The molecule has 1 saturated carbocycles. The highest BCUT2D eigenvalue weighted by molar-refractivity contribution is 8.00. The fourth-order valence-corrected chi connectivity index (χ4v) is 13.4. The molecule has 8 aromatic rings. The molecule has 105 heavy (non-hydrogen) atoms. The van der Waals surface area contributed by atoms with E-state index in [0.29, 0.717) is 103 Å². The van der Waals surface area contributed by atoms with Crippen LogP contribution in [0.5, 0.6) is 5.75 Å². The van der Waals surface area contributed by atoms with Gasteiger partial charge in [-0.3, -0.25) is 19.2 Å². The van der Waals surface area contributed by atoms with E-state index in [1.807, 2.05) is 0 Å². The molecule has 0 aromatic heterocycles. The van der Waals surface area contributed by atoms with Crippen LogP contribution in [-0.4, -0.2) is 90.2 Å². The largest absolute Gasteiger partial charge is 0.507 e. The fourth-order valence-electron chi connectivity index (χ4n) is 9.38. The van der Waals surface area contributed by atoms with E-state index in [9.17, 15) is 106 Å². The lowest BCUT2D eigenvalue weighted by Gasteiger charge is -2.25. The van der Waals surface area contributed by atoms with E-state index in [1.165, 1.54) is 96.8 Å². The summed E-state index contributed by atoms with van der Waals surface area (Å²) in [7, 11) is 0. The molecular formula is C74H70F14N4O9S4. The lowest BCUT2D eigenvalue weighted by Crippen LogP contribution is -2.19. The summed E-state index contributed by atoms with van der Waals surface area (Å²) >= 11 is 5.04. The number of carbonyl (C=O) groups is 5. The molecule has 0 spiro atoms. The van der Waals surface area contributed by atoms with Crippen LogP contribution in [0.25, 0.3) is 0 Å². The molecule has 31 heteroatoms. The van der Waals surface area contributed by atoms with E-state index < -0.39 is 117 Å².